The highest BCUT2D eigenvalue weighted by Crippen LogP contribution is 2.53. The van der Waals surface area contributed by atoms with E-state index in [0.717, 1.165) is 54.5 Å². The maximum Gasteiger partial charge on any atom is 0.145 e. The molecule has 1 spiro atoms. The largest absolute Gasteiger partial charge is 0.494 e. The van der Waals surface area contributed by atoms with E-state index in [2.05, 4.69) is 26.7 Å². The minimum Gasteiger partial charge on any atom is -0.494 e. The van der Waals surface area contributed by atoms with Crippen molar-refractivity contribution in [3.8, 4) is 11.4 Å². The number of hydrogen-bond acceptors (Lipinski definition) is 6. The normalized spacial score (nSPS) is 23.4. The van der Waals surface area contributed by atoms with Crippen LogP contribution in [-0.2, 0) is 5.41 Å². The van der Waals surface area contributed by atoms with Crippen LogP contribution in [0.15, 0.2) is 23.3 Å². The molecule has 2 aromatic rings. The van der Waals surface area contributed by atoms with Gasteiger partial charge in [-0.2, -0.15) is 0 Å². The Morgan fingerprint density at radius 3 is 2.88 bits per heavy atom. The van der Waals surface area contributed by atoms with Gasteiger partial charge in [-0.05, 0) is 49.9 Å². The van der Waals surface area contributed by atoms with Crippen LogP contribution < -0.4 is 15.8 Å². The Kier molecular flexibility index (Phi) is 3.15. The van der Waals surface area contributed by atoms with Crippen LogP contribution in [0.25, 0.3) is 5.69 Å². The highest BCUT2D eigenvalue weighted by atomic mass is 16.5. The fourth-order valence-electron chi connectivity index (χ4n) is 4.30. The molecule has 0 bridgehead atoms. The van der Waals surface area contributed by atoms with Crippen molar-refractivity contribution in [1.82, 2.24) is 20.3 Å². The average molecular weight is 338 g/mol. The molecule has 1 saturated carbocycles. The van der Waals surface area contributed by atoms with Gasteiger partial charge in [0.2, 0.25) is 0 Å². The summed E-state index contributed by atoms with van der Waals surface area (Å²) in [6.45, 7) is 1.04. The predicted octanol–water partition coefficient (Wildman–Crippen LogP) is 2.12. The van der Waals surface area contributed by atoms with Crippen molar-refractivity contribution in [3.63, 3.8) is 0 Å². The summed E-state index contributed by atoms with van der Waals surface area (Å²) < 4.78 is 7.44. The molecule has 3 aliphatic rings. The fraction of sp³-hybridized carbons (Fsp3) is 0.500. The Hall–Kier alpha value is -2.41. The highest BCUT2D eigenvalue weighted by Gasteiger charge is 2.47. The maximum atomic E-state index is 6.26. The van der Waals surface area contributed by atoms with E-state index >= 15 is 0 Å². The van der Waals surface area contributed by atoms with Crippen molar-refractivity contribution < 1.29 is 4.74 Å². The lowest BCUT2D eigenvalue weighted by Crippen LogP contribution is -2.44. The van der Waals surface area contributed by atoms with Crippen molar-refractivity contribution in [2.24, 2.45) is 10.7 Å². The molecule has 1 saturated heterocycles. The number of benzene rings is 1. The topological polar surface area (TPSA) is 90.3 Å². The molecule has 1 atom stereocenters. The average Bonchev–Trinajstić information content (AvgIpc) is 3.29. The predicted molar refractivity (Wildman–Crippen MR) is 94.7 cm³/mol. The lowest BCUT2D eigenvalue weighted by molar-refractivity contribution is 0.342. The van der Waals surface area contributed by atoms with Gasteiger partial charge in [0.1, 0.15) is 23.0 Å². The van der Waals surface area contributed by atoms with Gasteiger partial charge in [-0.25, -0.2) is 9.67 Å². The summed E-state index contributed by atoms with van der Waals surface area (Å²) in [6, 6.07) is 4.40. The number of rotatable bonds is 3. The Morgan fingerprint density at radius 2 is 2.20 bits per heavy atom. The number of aliphatic imine (C=N–C) groups is 1. The minimum absolute atomic E-state index is 0.0670. The molecule has 1 aromatic carbocycles. The molecule has 0 unspecified atom stereocenters. The quantitative estimate of drug-likeness (QED) is 0.895. The van der Waals surface area contributed by atoms with Gasteiger partial charge in [-0.1, -0.05) is 11.6 Å². The Balaban J connectivity index is 1.57. The van der Waals surface area contributed by atoms with E-state index < -0.39 is 0 Å². The molecule has 1 aliphatic carbocycles. The van der Waals surface area contributed by atoms with Crippen molar-refractivity contribution >= 4 is 11.5 Å². The van der Waals surface area contributed by atoms with Gasteiger partial charge in [0.25, 0.3) is 0 Å². The summed E-state index contributed by atoms with van der Waals surface area (Å²) in [5, 5.41) is 12.1. The van der Waals surface area contributed by atoms with E-state index in [9.17, 15) is 0 Å². The number of ether oxygens (including phenoxy) is 1. The fourth-order valence-corrected chi connectivity index (χ4v) is 4.30. The van der Waals surface area contributed by atoms with Gasteiger partial charge < -0.3 is 15.8 Å². The van der Waals surface area contributed by atoms with E-state index in [4.69, 9.17) is 10.5 Å². The van der Waals surface area contributed by atoms with Crippen LogP contribution in [-0.4, -0.2) is 34.5 Å². The molecule has 7 nitrogen and oxygen atoms in total. The number of hydrogen-bond donors (Lipinski definition) is 2. The van der Waals surface area contributed by atoms with Gasteiger partial charge in [0, 0.05) is 0 Å². The van der Waals surface area contributed by atoms with Crippen LogP contribution in [0.3, 0.4) is 0 Å². The third kappa shape index (κ3) is 2.05. The Morgan fingerprint density at radius 1 is 1.32 bits per heavy atom. The first-order valence-corrected chi connectivity index (χ1v) is 8.94. The summed E-state index contributed by atoms with van der Waals surface area (Å²) >= 11 is 0. The zero-order valence-corrected chi connectivity index (χ0v) is 14.3. The van der Waals surface area contributed by atoms with Crippen LogP contribution in [0, 0.1) is 0 Å². The second-order valence-electron chi connectivity index (χ2n) is 7.21. The first kappa shape index (κ1) is 14.9. The summed E-state index contributed by atoms with van der Waals surface area (Å²) in [5.41, 5.74) is 10.1. The number of nitrogens with one attached hydrogen (secondary N) is 1. The van der Waals surface area contributed by atoms with Gasteiger partial charge >= 0.3 is 0 Å². The second-order valence-corrected chi connectivity index (χ2v) is 7.21. The standard InChI is InChI=1S/C18H22N6O/c1-25-16-8-11-13(21-17(19)18(11)5-3-6-18)9-15(16)24-10-14(22-23-24)12-4-2-7-20-12/h8-10,12,20H,2-7H2,1H3,(H2,19,21)/t12-/m1/s1. The smallest absolute Gasteiger partial charge is 0.145 e. The van der Waals surface area contributed by atoms with Crippen LogP contribution in [0.1, 0.15) is 49.4 Å². The van der Waals surface area contributed by atoms with Gasteiger partial charge in [-0.3, -0.25) is 0 Å². The molecule has 130 valence electrons. The highest BCUT2D eigenvalue weighted by molar-refractivity contribution is 6.00. The summed E-state index contributed by atoms with van der Waals surface area (Å²) in [7, 11) is 1.69. The number of nitrogens with two attached hydrogens (primary N) is 1. The number of amidine groups is 1. The second kappa shape index (κ2) is 5.29. The number of fused-ring (bicyclic) bond motifs is 2. The molecular weight excluding hydrogens is 316 g/mol. The summed E-state index contributed by atoms with van der Waals surface area (Å²) in [4.78, 5) is 4.64. The van der Waals surface area contributed by atoms with Crippen molar-refractivity contribution in [1.29, 1.82) is 0 Å². The van der Waals surface area contributed by atoms with Crippen LogP contribution in [0.2, 0.25) is 0 Å². The SMILES string of the molecule is COc1cc2c(cc1-n1cc([C@H]3CCCN3)nn1)N=C(N)C21CCC1. The van der Waals surface area contributed by atoms with Gasteiger partial charge in [0.15, 0.2) is 0 Å². The Bertz CT molecular complexity index is 860. The molecule has 3 heterocycles. The summed E-state index contributed by atoms with van der Waals surface area (Å²) in [5.74, 6) is 1.52. The maximum absolute atomic E-state index is 6.26. The summed E-state index contributed by atoms with van der Waals surface area (Å²) in [6.07, 6.45) is 7.59. The van der Waals surface area contributed by atoms with E-state index in [0.29, 0.717) is 6.04 Å². The molecule has 5 rings (SSSR count). The first-order valence-electron chi connectivity index (χ1n) is 8.94. The first-order chi connectivity index (χ1) is 12.2. The molecule has 1 aromatic heterocycles. The lowest BCUT2D eigenvalue weighted by Gasteiger charge is -2.39. The van der Waals surface area contributed by atoms with Crippen molar-refractivity contribution in [2.75, 3.05) is 13.7 Å². The number of aromatic nitrogens is 3. The molecule has 0 radical (unpaired) electrons. The molecule has 0 amide bonds. The van der Waals surface area contributed by atoms with E-state index in [1.54, 1.807) is 11.8 Å². The molecule has 7 heteroatoms. The van der Waals surface area contributed by atoms with Gasteiger partial charge in [-0.15, -0.1) is 5.10 Å². The third-order valence-corrected chi connectivity index (χ3v) is 5.93. The van der Waals surface area contributed by atoms with Crippen molar-refractivity contribution in [2.45, 2.75) is 43.6 Å². The van der Waals surface area contributed by atoms with E-state index in [1.165, 1.54) is 18.4 Å². The molecule has 2 aliphatic heterocycles. The monoisotopic (exact) mass is 338 g/mol. The zero-order valence-electron chi connectivity index (χ0n) is 14.3. The number of methoxy groups -OCH3 is 1. The molecule has 25 heavy (non-hydrogen) atoms. The van der Waals surface area contributed by atoms with E-state index in [1.807, 2.05) is 12.3 Å². The molecular formula is C18H22N6O. The van der Waals surface area contributed by atoms with Crippen LogP contribution >= 0.6 is 0 Å². The Labute approximate surface area is 146 Å². The third-order valence-electron chi connectivity index (χ3n) is 5.93. The van der Waals surface area contributed by atoms with Crippen molar-refractivity contribution in [3.05, 3.63) is 29.6 Å². The van der Waals surface area contributed by atoms with Gasteiger partial charge in [0.05, 0.1) is 30.5 Å². The number of nitrogens with zero attached hydrogens (tertiary/aromatic N) is 4. The van der Waals surface area contributed by atoms with Crippen LogP contribution in [0.4, 0.5) is 5.69 Å². The van der Waals surface area contributed by atoms with E-state index in [-0.39, 0.29) is 5.41 Å². The molecule has 2 fully saturated rings. The molecule has 3 N–H and O–H groups in total. The zero-order chi connectivity index (χ0) is 17.0. The minimum atomic E-state index is -0.0670. The lowest BCUT2D eigenvalue weighted by atomic mass is 9.64. The van der Waals surface area contributed by atoms with Crippen LogP contribution in [0.5, 0.6) is 5.75 Å².